The summed E-state index contributed by atoms with van der Waals surface area (Å²) in [5.41, 5.74) is -0.316. The van der Waals surface area contributed by atoms with Crippen molar-refractivity contribution < 1.29 is 14.3 Å². The second kappa shape index (κ2) is 3.46. The van der Waals surface area contributed by atoms with E-state index in [1.807, 2.05) is 20.8 Å². The molecule has 0 atom stereocenters. The lowest BCUT2D eigenvalue weighted by Crippen LogP contribution is -2.35. The third-order valence-corrected chi connectivity index (χ3v) is 1.78. The molecule has 0 spiro atoms. The number of carbonyl (C=O) groups is 2. The zero-order chi connectivity index (χ0) is 10.1. The maximum atomic E-state index is 11.1. The standard InChI is InChI=1S/C9H15NO3/c1-9(2,3)13-6-10-7(11)4-5-8(10)12/h4-6H2,1-3H3. The monoisotopic (exact) mass is 185 g/mol. The van der Waals surface area contributed by atoms with Crippen LogP contribution in [0.4, 0.5) is 0 Å². The van der Waals surface area contributed by atoms with E-state index in [9.17, 15) is 9.59 Å². The van der Waals surface area contributed by atoms with E-state index in [2.05, 4.69) is 0 Å². The van der Waals surface area contributed by atoms with Crippen molar-refractivity contribution in [3.8, 4) is 0 Å². The van der Waals surface area contributed by atoms with Crippen LogP contribution in [0.3, 0.4) is 0 Å². The first kappa shape index (κ1) is 10.2. The number of carbonyl (C=O) groups excluding carboxylic acids is 2. The molecule has 74 valence electrons. The molecule has 1 aliphatic rings. The van der Waals surface area contributed by atoms with Crippen LogP contribution in [0.5, 0.6) is 0 Å². The van der Waals surface area contributed by atoms with Gasteiger partial charge in [-0.15, -0.1) is 0 Å². The van der Waals surface area contributed by atoms with Gasteiger partial charge in [0, 0.05) is 12.8 Å². The second-order valence-electron chi connectivity index (χ2n) is 4.10. The lowest BCUT2D eigenvalue weighted by atomic mass is 10.2. The van der Waals surface area contributed by atoms with Crippen LogP contribution in [0, 0.1) is 0 Å². The zero-order valence-electron chi connectivity index (χ0n) is 8.29. The average molecular weight is 185 g/mol. The summed E-state index contributed by atoms with van der Waals surface area (Å²) in [5, 5.41) is 0. The Morgan fingerprint density at radius 2 is 1.69 bits per heavy atom. The fourth-order valence-corrected chi connectivity index (χ4v) is 1.03. The number of rotatable bonds is 2. The van der Waals surface area contributed by atoms with Gasteiger partial charge in [0.15, 0.2) is 0 Å². The molecule has 0 unspecified atom stereocenters. The molecule has 1 heterocycles. The predicted octanol–water partition coefficient (Wildman–Crippen LogP) is 0.908. The normalized spacial score (nSPS) is 18.5. The van der Waals surface area contributed by atoms with Crippen LogP contribution in [0.25, 0.3) is 0 Å². The number of imide groups is 1. The molecular formula is C9H15NO3. The predicted molar refractivity (Wildman–Crippen MR) is 46.8 cm³/mol. The van der Waals surface area contributed by atoms with E-state index in [1.54, 1.807) is 0 Å². The molecule has 0 aliphatic carbocycles. The minimum absolute atomic E-state index is 0.0845. The van der Waals surface area contributed by atoms with Crippen LogP contribution in [-0.2, 0) is 14.3 Å². The number of nitrogens with zero attached hydrogens (tertiary/aromatic N) is 1. The number of amides is 2. The molecule has 0 saturated carbocycles. The number of hydrogen-bond acceptors (Lipinski definition) is 3. The summed E-state index contributed by atoms with van der Waals surface area (Å²) in [6.45, 7) is 5.75. The molecule has 0 aromatic heterocycles. The molecule has 1 aliphatic heterocycles. The SMILES string of the molecule is CC(C)(C)OCN1C(=O)CCC1=O. The number of likely N-dealkylation sites (tertiary alicyclic amines) is 1. The van der Waals surface area contributed by atoms with Crippen molar-refractivity contribution in [3.63, 3.8) is 0 Å². The minimum Gasteiger partial charge on any atom is -0.355 e. The van der Waals surface area contributed by atoms with Crippen LogP contribution >= 0.6 is 0 Å². The Hall–Kier alpha value is -0.900. The van der Waals surface area contributed by atoms with Gasteiger partial charge in [-0.1, -0.05) is 0 Å². The molecule has 1 saturated heterocycles. The van der Waals surface area contributed by atoms with E-state index in [4.69, 9.17) is 4.74 Å². The summed E-state index contributed by atoms with van der Waals surface area (Å²) in [6, 6.07) is 0. The van der Waals surface area contributed by atoms with Crippen molar-refractivity contribution in [1.82, 2.24) is 4.90 Å². The quantitative estimate of drug-likeness (QED) is 0.601. The second-order valence-corrected chi connectivity index (χ2v) is 4.10. The first-order valence-electron chi connectivity index (χ1n) is 4.37. The highest BCUT2D eigenvalue weighted by Crippen LogP contribution is 2.14. The van der Waals surface area contributed by atoms with Gasteiger partial charge in [-0.05, 0) is 20.8 Å². The number of hydrogen-bond donors (Lipinski definition) is 0. The highest BCUT2D eigenvalue weighted by molar-refractivity contribution is 6.01. The summed E-state index contributed by atoms with van der Waals surface area (Å²) in [7, 11) is 0. The molecule has 2 amide bonds. The van der Waals surface area contributed by atoms with Crippen molar-refractivity contribution in [3.05, 3.63) is 0 Å². The minimum atomic E-state index is -0.316. The molecule has 0 aromatic rings. The van der Waals surface area contributed by atoms with E-state index < -0.39 is 0 Å². The molecule has 0 bridgehead atoms. The van der Waals surface area contributed by atoms with E-state index in [0.29, 0.717) is 12.8 Å². The largest absolute Gasteiger partial charge is 0.355 e. The molecule has 4 heteroatoms. The van der Waals surface area contributed by atoms with Gasteiger partial charge >= 0.3 is 0 Å². The summed E-state index contributed by atoms with van der Waals surface area (Å²) in [5.74, 6) is -0.261. The third kappa shape index (κ3) is 2.81. The Balaban J connectivity index is 2.45. The molecule has 13 heavy (non-hydrogen) atoms. The topological polar surface area (TPSA) is 46.6 Å². The molecule has 1 fully saturated rings. The van der Waals surface area contributed by atoms with Gasteiger partial charge in [0.2, 0.25) is 11.8 Å². The Labute approximate surface area is 77.8 Å². The summed E-state index contributed by atoms with van der Waals surface area (Å²) in [6.07, 6.45) is 0.651. The van der Waals surface area contributed by atoms with Crippen LogP contribution in [-0.4, -0.2) is 29.0 Å². The van der Waals surface area contributed by atoms with Crippen LogP contribution in [0.15, 0.2) is 0 Å². The van der Waals surface area contributed by atoms with Crippen LogP contribution < -0.4 is 0 Å². The van der Waals surface area contributed by atoms with Crippen molar-refractivity contribution in [2.75, 3.05) is 6.73 Å². The van der Waals surface area contributed by atoms with Gasteiger partial charge in [0.1, 0.15) is 6.73 Å². The lowest BCUT2D eigenvalue weighted by Gasteiger charge is -2.23. The van der Waals surface area contributed by atoms with E-state index in [-0.39, 0.29) is 24.1 Å². The van der Waals surface area contributed by atoms with Gasteiger partial charge in [0.05, 0.1) is 5.60 Å². The van der Waals surface area contributed by atoms with E-state index in [1.165, 1.54) is 4.90 Å². The molecule has 0 aromatic carbocycles. The summed E-state index contributed by atoms with van der Waals surface area (Å²) < 4.78 is 5.34. The third-order valence-electron chi connectivity index (χ3n) is 1.78. The highest BCUT2D eigenvalue weighted by atomic mass is 16.5. The fourth-order valence-electron chi connectivity index (χ4n) is 1.03. The summed E-state index contributed by atoms with van der Waals surface area (Å²) in [4.78, 5) is 23.4. The molecule has 4 nitrogen and oxygen atoms in total. The molecule has 0 radical (unpaired) electrons. The van der Waals surface area contributed by atoms with Gasteiger partial charge in [-0.3, -0.25) is 14.5 Å². The Bertz CT molecular complexity index is 214. The van der Waals surface area contributed by atoms with E-state index in [0.717, 1.165) is 0 Å². The molecular weight excluding hydrogens is 170 g/mol. The van der Waals surface area contributed by atoms with Gasteiger partial charge < -0.3 is 4.74 Å². The first-order chi connectivity index (χ1) is 5.90. The Kier molecular flexibility index (Phi) is 2.71. The molecule has 0 N–H and O–H groups in total. The van der Waals surface area contributed by atoms with Crippen LogP contribution in [0.1, 0.15) is 33.6 Å². The van der Waals surface area contributed by atoms with Gasteiger partial charge in [-0.2, -0.15) is 0 Å². The Morgan fingerprint density at radius 3 is 2.08 bits per heavy atom. The van der Waals surface area contributed by atoms with Crippen molar-refractivity contribution in [1.29, 1.82) is 0 Å². The van der Waals surface area contributed by atoms with Crippen molar-refractivity contribution in [2.24, 2.45) is 0 Å². The maximum Gasteiger partial charge on any atom is 0.231 e. The van der Waals surface area contributed by atoms with Crippen molar-refractivity contribution in [2.45, 2.75) is 39.2 Å². The fraction of sp³-hybridized carbons (Fsp3) is 0.778. The lowest BCUT2D eigenvalue weighted by molar-refractivity contribution is -0.149. The summed E-state index contributed by atoms with van der Waals surface area (Å²) >= 11 is 0. The maximum absolute atomic E-state index is 11.1. The smallest absolute Gasteiger partial charge is 0.231 e. The highest BCUT2D eigenvalue weighted by Gasteiger charge is 2.29. The van der Waals surface area contributed by atoms with E-state index >= 15 is 0 Å². The zero-order valence-corrected chi connectivity index (χ0v) is 8.29. The average Bonchev–Trinajstić information content (AvgIpc) is 2.27. The van der Waals surface area contributed by atoms with Crippen LogP contribution in [0.2, 0.25) is 0 Å². The number of ether oxygens (including phenoxy) is 1. The van der Waals surface area contributed by atoms with Gasteiger partial charge in [0.25, 0.3) is 0 Å². The Morgan fingerprint density at radius 1 is 1.23 bits per heavy atom. The van der Waals surface area contributed by atoms with Crippen molar-refractivity contribution >= 4 is 11.8 Å². The van der Waals surface area contributed by atoms with Gasteiger partial charge in [-0.25, -0.2) is 0 Å². The first-order valence-corrected chi connectivity index (χ1v) is 4.37. The molecule has 1 rings (SSSR count).